The van der Waals surface area contributed by atoms with Crippen LogP contribution < -0.4 is 0 Å². The van der Waals surface area contributed by atoms with Crippen LogP contribution in [0.3, 0.4) is 0 Å². The molecule has 5 heteroatoms. The van der Waals surface area contributed by atoms with E-state index in [1.165, 1.54) is 11.3 Å². The van der Waals surface area contributed by atoms with Crippen LogP contribution in [0.5, 0.6) is 0 Å². The lowest BCUT2D eigenvalue weighted by Gasteiger charge is -2.08. The number of benzene rings is 1. The molecule has 0 aliphatic rings. The maximum Gasteiger partial charge on any atom is 0.113 e. The number of hydrogen-bond donors (Lipinski definition) is 1. The Labute approximate surface area is 123 Å². The Balaban J connectivity index is 2.31. The summed E-state index contributed by atoms with van der Waals surface area (Å²) in [4.78, 5) is 0.918. The number of rotatable bonds is 2. The van der Waals surface area contributed by atoms with E-state index in [1.54, 1.807) is 0 Å². The summed E-state index contributed by atoms with van der Waals surface area (Å²) in [5.74, 6) is 0. The van der Waals surface area contributed by atoms with Crippen LogP contribution in [0.1, 0.15) is 16.5 Å². The fraction of sp³-hybridized carbons (Fsp3) is 0.0909. The van der Waals surface area contributed by atoms with Gasteiger partial charge in [0.25, 0.3) is 0 Å². The molecule has 0 saturated carbocycles. The summed E-state index contributed by atoms with van der Waals surface area (Å²) >= 11 is 11.7. The minimum atomic E-state index is -0.569. The molecule has 1 N–H and O–H groups in total. The van der Waals surface area contributed by atoms with Crippen molar-refractivity contribution >= 4 is 59.1 Å². The van der Waals surface area contributed by atoms with Gasteiger partial charge in [-0.2, -0.15) is 0 Å². The zero-order chi connectivity index (χ0) is 11.7. The quantitative estimate of drug-likeness (QED) is 0.706. The van der Waals surface area contributed by atoms with Crippen LogP contribution in [0.15, 0.2) is 43.1 Å². The van der Waals surface area contributed by atoms with E-state index < -0.39 is 6.10 Å². The monoisotopic (exact) mass is 424 g/mol. The first-order chi connectivity index (χ1) is 7.58. The van der Waals surface area contributed by atoms with Gasteiger partial charge in [-0.05, 0) is 55.6 Å². The topological polar surface area (TPSA) is 20.2 Å². The Morgan fingerprint density at radius 3 is 2.19 bits per heavy atom. The van der Waals surface area contributed by atoms with Crippen LogP contribution in [0.2, 0.25) is 0 Å². The molecule has 0 spiro atoms. The molecule has 2 aromatic rings. The molecule has 1 aromatic carbocycles. The largest absolute Gasteiger partial charge is 0.383 e. The lowest BCUT2D eigenvalue weighted by atomic mass is 10.1. The minimum Gasteiger partial charge on any atom is -0.383 e. The predicted molar refractivity (Wildman–Crippen MR) is 77.9 cm³/mol. The smallest absolute Gasteiger partial charge is 0.113 e. The van der Waals surface area contributed by atoms with Crippen molar-refractivity contribution in [1.82, 2.24) is 0 Å². The van der Waals surface area contributed by atoms with Gasteiger partial charge >= 0.3 is 0 Å². The van der Waals surface area contributed by atoms with Crippen molar-refractivity contribution in [3.8, 4) is 0 Å². The summed E-state index contributed by atoms with van der Waals surface area (Å²) in [7, 11) is 0. The van der Waals surface area contributed by atoms with E-state index in [9.17, 15) is 5.11 Å². The number of aliphatic hydroxyl groups is 1. The molecular formula is C11H7Br3OS. The van der Waals surface area contributed by atoms with Crippen molar-refractivity contribution in [3.05, 3.63) is 53.5 Å². The first kappa shape index (κ1) is 12.8. The van der Waals surface area contributed by atoms with E-state index in [-0.39, 0.29) is 0 Å². The Bertz CT molecular complexity index is 473. The third-order valence-corrected chi connectivity index (χ3v) is 5.96. The molecule has 1 unspecified atom stereocenters. The van der Waals surface area contributed by atoms with Gasteiger partial charge in [0, 0.05) is 13.8 Å². The Morgan fingerprint density at radius 1 is 1.06 bits per heavy atom. The molecule has 0 radical (unpaired) electrons. The van der Waals surface area contributed by atoms with Gasteiger partial charge in [-0.15, -0.1) is 11.3 Å². The first-order valence-corrected chi connectivity index (χ1v) is 7.65. The van der Waals surface area contributed by atoms with E-state index in [1.807, 2.05) is 30.3 Å². The van der Waals surface area contributed by atoms with Crippen LogP contribution in [0, 0.1) is 0 Å². The van der Waals surface area contributed by atoms with E-state index in [2.05, 4.69) is 47.8 Å². The summed E-state index contributed by atoms with van der Waals surface area (Å²) in [6, 6.07) is 9.61. The van der Waals surface area contributed by atoms with E-state index in [4.69, 9.17) is 0 Å². The zero-order valence-corrected chi connectivity index (χ0v) is 13.5. The van der Waals surface area contributed by atoms with Crippen LogP contribution in [0.25, 0.3) is 0 Å². The molecule has 1 heterocycles. The second-order valence-corrected chi connectivity index (χ2v) is 7.40. The maximum absolute atomic E-state index is 10.2. The van der Waals surface area contributed by atoms with Gasteiger partial charge in [0.15, 0.2) is 0 Å². The molecular weight excluding hydrogens is 420 g/mol. The SMILES string of the molecule is OC(c1ccc(Br)cc1)c1cc(Br)c(Br)s1. The molecule has 1 nitrogen and oxygen atoms in total. The molecule has 1 atom stereocenters. The average molecular weight is 427 g/mol. The van der Waals surface area contributed by atoms with Gasteiger partial charge in [-0.1, -0.05) is 28.1 Å². The molecule has 84 valence electrons. The third kappa shape index (κ3) is 2.76. The highest BCUT2D eigenvalue weighted by atomic mass is 79.9. The second kappa shape index (κ2) is 5.31. The predicted octanol–water partition coefficient (Wildman–Crippen LogP) is 5.12. The van der Waals surface area contributed by atoms with Crippen molar-refractivity contribution in [2.24, 2.45) is 0 Å². The Hall–Kier alpha value is 0.320. The summed E-state index contributed by atoms with van der Waals surface area (Å²) < 4.78 is 2.99. The van der Waals surface area contributed by atoms with Crippen molar-refractivity contribution in [2.45, 2.75) is 6.10 Å². The fourth-order valence-corrected chi connectivity index (χ4v) is 3.68. The minimum absolute atomic E-state index is 0.569. The lowest BCUT2D eigenvalue weighted by Crippen LogP contribution is -1.96. The number of aliphatic hydroxyl groups excluding tert-OH is 1. The van der Waals surface area contributed by atoms with Crippen molar-refractivity contribution in [3.63, 3.8) is 0 Å². The molecule has 0 aliphatic heterocycles. The zero-order valence-electron chi connectivity index (χ0n) is 7.95. The molecule has 1 aromatic heterocycles. The Kier molecular flexibility index (Phi) is 4.24. The summed E-state index contributed by atoms with van der Waals surface area (Å²) in [6.45, 7) is 0. The van der Waals surface area contributed by atoms with Crippen LogP contribution in [0.4, 0.5) is 0 Å². The third-order valence-electron chi connectivity index (χ3n) is 2.12. The standard InChI is InChI=1S/C11H7Br3OS/c12-7-3-1-6(2-4-7)10(15)9-5-8(13)11(14)16-9/h1-5,10,15H. The van der Waals surface area contributed by atoms with Crippen LogP contribution in [-0.2, 0) is 0 Å². The van der Waals surface area contributed by atoms with Crippen molar-refractivity contribution < 1.29 is 5.11 Å². The van der Waals surface area contributed by atoms with E-state index in [0.717, 1.165) is 23.2 Å². The highest BCUT2D eigenvalue weighted by molar-refractivity contribution is 9.13. The first-order valence-electron chi connectivity index (χ1n) is 4.46. The Morgan fingerprint density at radius 2 is 1.69 bits per heavy atom. The molecule has 16 heavy (non-hydrogen) atoms. The molecule has 0 fully saturated rings. The highest BCUT2D eigenvalue weighted by Gasteiger charge is 2.14. The molecule has 0 bridgehead atoms. The molecule has 0 aliphatic carbocycles. The lowest BCUT2D eigenvalue weighted by molar-refractivity contribution is 0.224. The summed E-state index contributed by atoms with van der Waals surface area (Å²) in [6.07, 6.45) is -0.569. The second-order valence-electron chi connectivity index (χ2n) is 3.22. The van der Waals surface area contributed by atoms with Crippen molar-refractivity contribution in [1.29, 1.82) is 0 Å². The summed E-state index contributed by atoms with van der Waals surface area (Å²) in [5, 5.41) is 10.2. The van der Waals surface area contributed by atoms with Gasteiger partial charge in [-0.25, -0.2) is 0 Å². The maximum atomic E-state index is 10.2. The van der Waals surface area contributed by atoms with Crippen LogP contribution >= 0.6 is 59.1 Å². The van der Waals surface area contributed by atoms with Gasteiger partial charge < -0.3 is 5.11 Å². The van der Waals surface area contributed by atoms with Gasteiger partial charge in [-0.3, -0.25) is 0 Å². The molecule has 0 amide bonds. The highest BCUT2D eigenvalue weighted by Crippen LogP contribution is 2.37. The fourth-order valence-electron chi connectivity index (χ4n) is 1.31. The van der Waals surface area contributed by atoms with E-state index in [0.29, 0.717) is 0 Å². The summed E-state index contributed by atoms with van der Waals surface area (Å²) in [5.41, 5.74) is 0.893. The van der Waals surface area contributed by atoms with Gasteiger partial charge in [0.1, 0.15) is 6.10 Å². The van der Waals surface area contributed by atoms with Crippen LogP contribution in [-0.4, -0.2) is 5.11 Å². The normalized spacial score (nSPS) is 12.8. The number of hydrogen-bond acceptors (Lipinski definition) is 2. The van der Waals surface area contributed by atoms with Gasteiger partial charge in [0.2, 0.25) is 0 Å². The van der Waals surface area contributed by atoms with Gasteiger partial charge in [0.05, 0.1) is 3.79 Å². The van der Waals surface area contributed by atoms with E-state index >= 15 is 0 Å². The number of thiophene rings is 1. The number of halogens is 3. The average Bonchev–Trinajstić information content (AvgIpc) is 2.59. The van der Waals surface area contributed by atoms with Crippen molar-refractivity contribution in [2.75, 3.05) is 0 Å². The molecule has 0 saturated heterocycles. The molecule has 2 rings (SSSR count).